The molecule has 0 aliphatic carbocycles. The first-order valence-electron chi connectivity index (χ1n) is 8.43. The first kappa shape index (κ1) is 19.8. The number of amides is 1. The van der Waals surface area contributed by atoms with Gasteiger partial charge in [-0.25, -0.2) is 0 Å². The Labute approximate surface area is 164 Å². The van der Waals surface area contributed by atoms with E-state index in [0.29, 0.717) is 10.6 Å². The van der Waals surface area contributed by atoms with Crippen molar-refractivity contribution in [3.63, 3.8) is 0 Å². The van der Waals surface area contributed by atoms with Crippen molar-refractivity contribution in [3.05, 3.63) is 64.4 Å². The Kier molecular flexibility index (Phi) is 5.64. The van der Waals surface area contributed by atoms with Crippen LogP contribution in [-0.4, -0.2) is 20.7 Å². The number of rotatable bonds is 5. The van der Waals surface area contributed by atoms with Gasteiger partial charge in [-0.1, -0.05) is 29.8 Å². The third-order valence-corrected chi connectivity index (χ3v) is 4.38. The summed E-state index contributed by atoms with van der Waals surface area (Å²) in [6, 6.07) is 12.2. The van der Waals surface area contributed by atoms with E-state index in [4.69, 9.17) is 12.2 Å². The number of carbonyl (C=O) groups is 1. The van der Waals surface area contributed by atoms with E-state index in [9.17, 15) is 18.0 Å². The number of H-pyrrole nitrogens is 1. The van der Waals surface area contributed by atoms with Crippen LogP contribution < -0.4 is 5.32 Å². The van der Waals surface area contributed by atoms with Gasteiger partial charge in [0.1, 0.15) is 0 Å². The molecule has 5 nitrogen and oxygen atoms in total. The fourth-order valence-corrected chi connectivity index (χ4v) is 2.96. The van der Waals surface area contributed by atoms with Crippen molar-refractivity contribution in [1.82, 2.24) is 14.8 Å². The summed E-state index contributed by atoms with van der Waals surface area (Å²) in [5.41, 5.74) is 1.18. The lowest BCUT2D eigenvalue weighted by atomic mass is 10.1. The summed E-state index contributed by atoms with van der Waals surface area (Å²) >= 11 is 5.23. The number of aromatic nitrogens is 3. The lowest BCUT2D eigenvalue weighted by Gasteiger charge is -2.11. The highest BCUT2D eigenvalue weighted by molar-refractivity contribution is 7.71. The van der Waals surface area contributed by atoms with Gasteiger partial charge >= 0.3 is 6.18 Å². The molecule has 3 aromatic rings. The zero-order chi connectivity index (χ0) is 20.3. The van der Waals surface area contributed by atoms with Crippen molar-refractivity contribution in [2.45, 2.75) is 26.1 Å². The van der Waals surface area contributed by atoms with E-state index in [1.165, 1.54) is 12.1 Å². The highest BCUT2D eigenvalue weighted by Gasteiger charge is 2.30. The molecule has 2 aromatic carbocycles. The van der Waals surface area contributed by atoms with Crippen molar-refractivity contribution in [2.24, 2.45) is 0 Å². The van der Waals surface area contributed by atoms with Crippen LogP contribution in [0.15, 0.2) is 48.5 Å². The number of aryl methyl sites for hydroxylation is 1. The van der Waals surface area contributed by atoms with Gasteiger partial charge in [0.2, 0.25) is 5.91 Å². The quantitative estimate of drug-likeness (QED) is 0.589. The molecule has 0 bridgehead atoms. The van der Waals surface area contributed by atoms with Gasteiger partial charge in [0.25, 0.3) is 0 Å². The Morgan fingerprint density at radius 1 is 1.21 bits per heavy atom. The standard InChI is InChI=1S/C19H17F3N4OS/c1-12-4-2-5-13(10-12)17-24-25-18(28)26(17)9-8-16(27)23-15-7-3-6-14(11-15)19(20,21)22/h2-7,10-11H,8-9H2,1H3,(H,23,27)(H,25,28). The molecule has 28 heavy (non-hydrogen) atoms. The molecule has 3 rings (SSSR count). The molecular formula is C19H17F3N4OS. The molecule has 0 radical (unpaired) electrons. The van der Waals surface area contributed by atoms with Gasteiger partial charge in [0.05, 0.1) is 5.56 Å². The Bertz CT molecular complexity index is 1060. The number of nitrogens with one attached hydrogen (secondary N) is 2. The fraction of sp³-hybridized carbons (Fsp3) is 0.211. The highest BCUT2D eigenvalue weighted by atomic mass is 32.1. The second-order valence-corrected chi connectivity index (χ2v) is 6.64. The molecule has 0 atom stereocenters. The van der Waals surface area contributed by atoms with Gasteiger partial charge in [-0.15, -0.1) is 0 Å². The minimum atomic E-state index is -4.46. The Hall–Kier alpha value is -2.94. The van der Waals surface area contributed by atoms with Crippen LogP contribution in [0.5, 0.6) is 0 Å². The number of benzene rings is 2. The Balaban J connectivity index is 1.71. The summed E-state index contributed by atoms with van der Waals surface area (Å²) in [7, 11) is 0. The summed E-state index contributed by atoms with van der Waals surface area (Å²) in [6.45, 7) is 2.20. The van der Waals surface area contributed by atoms with Crippen LogP contribution in [0, 0.1) is 11.7 Å². The molecule has 9 heteroatoms. The van der Waals surface area contributed by atoms with E-state index < -0.39 is 17.6 Å². The van der Waals surface area contributed by atoms with Gasteiger partial charge in [0, 0.05) is 24.2 Å². The molecule has 0 fully saturated rings. The topological polar surface area (TPSA) is 62.7 Å². The Morgan fingerprint density at radius 2 is 1.96 bits per heavy atom. The number of carbonyl (C=O) groups excluding carboxylic acids is 1. The van der Waals surface area contributed by atoms with Crippen molar-refractivity contribution < 1.29 is 18.0 Å². The van der Waals surface area contributed by atoms with E-state index in [-0.39, 0.29) is 18.7 Å². The fourth-order valence-electron chi connectivity index (χ4n) is 2.74. The lowest BCUT2D eigenvalue weighted by molar-refractivity contribution is -0.137. The molecule has 1 amide bonds. The molecule has 0 spiro atoms. The largest absolute Gasteiger partial charge is 0.416 e. The van der Waals surface area contributed by atoms with Crippen molar-refractivity contribution in [2.75, 3.05) is 5.32 Å². The van der Waals surface area contributed by atoms with Crippen LogP contribution in [0.3, 0.4) is 0 Å². The number of aromatic amines is 1. The number of hydrogen-bond acceptors (Lipinski definition) is 3. The van der Waals surface area contributed by atoms with E-state index in [1.54, 1.807) is 4.57 Å². The van der Waals surface area contributed by atoms with Crippen molar-refractivity contribution in [3.8, 4) is 11.4 Å². The molecule has 0 saturated carbocycles. The van der Waals surface area contributed by atoms with Crippen molar-refractivity contribution in [1.29, 1.82) is 0 Å². The van der Waals surface area contributed by atoms with Crippen LogP contribution in [0.25, 0.3) is 11.4 Å². The normalized spacial score (nSPS) is 11.4. The zero-order valence-corrected chi connectivity index (χ0v) is 15.7. The summed E-state index contributed by atoms with van der Waals surface area (Å²) in [4.78, 5) is 12.2. The van der Waals surface area contributed by atoms with Gasteiger partial charge < -0.3 is 5.32 Å². The van der Waals surface area contributed by atoms with E-state index in [1.807, 2.05) is 31.2 Å². The Morgan fingerprint density at radius 3 is 2.68 bits per heavy atom. The van der Waals surface area contributed by atoms with Crippen LogP contribution in [-0.2, 0) is 17.5 Å². The smallest absolute Gasteiger partial charge is 0.326 e. The third-order valence-electron chi connectivity index (χ3n) is 4.07. The number of nitrogens with zero attached hydrogens (tertiary/aromatic N) is 2. The molecule has 0 aliphatic heterocycles. The average Bonchev–Trinajstić information content (AvgIpc) is 3.00. The number of hydrogen-bond donors (Lipinski definition) is 2. The van der Waals surface area contributed by atoms with Gasteiger partial charge in [-0.05, 0) is 43.4 Å². The van der Waals surface area contributed by atoms with Crippen LogP contribution in [0.2, 0.25) is 0 Å². The predicted octanol–water partition coefficient (Wildman–Crippen LogP) is 4.96. The highest BCUT2D eigenvalue weighted by Crippen LogP contribution is 2.30. The van der Waals surface area contributed by atoms with Crippen LogP contribution in [0.1, 0.15) is 17.5 Å². The number of halogens is 3. The molecule has 0 aliphatic rings. The SMILES string of the molecule is Cc1cccc(-c2n[nH]c(=S)n2CCC(=O)Nc2cccc(C(F)(F)F)c2)c1. The third kappa shape index (κ3) is 4.66. The van der Waals surface area contributed by atoms with Gasteiger partial charge in [0.15, 0.2) is 10.6 Å². The maximum Gasteiger partial charge on any atom is 0.416 e. The van der Waals surface area contributed by atoms with E-state index in [2.05, 4.69) is 15.5 Å². The number of anilines is 1. The lowest BCUT2D eigenvalue weighted by Crippen LogP contribution is -2.15. The van der Waals surface area contributed by atoms with Crippen LogP contribution in [0.4, 0.5) is 18.9 Å². The maximum absolute atomic E-state index is 12.8. The van der Waals surface area contributed by atoms with Crippen LogP contribution >= 0.6 is 12.2 Å². The minimum absolute atomic E-state index is 0.0307. The first-order chi connectivity index (χ1) is 13.2. The molecule has 1 heterocycles. The molecule has 1 aromatic heterocycles. The molecule has 2 N–H and O–H groups in total. The minimum Gasteiger partial charge on any atom is -0.326 e. The zero-order valence-electron chi connectivity index (χ0n) is 14.9. The molecule has 0 saturated heterocycles. The second kappa shape index (κ2) is 7.97. The average molecular weight is 406 g/mol. The van der Waals surface area contributed by atoms with Crippen molar-refractivity contribution >= 4 is 23.8 Å². The molecule has 0 unspecified atom stereocenters. The molecule has 146 valence electrons. The first-order valence-corrected chi connectivity index (χ1v) is 8.84. The van der Waals surface area contributed by atoms with Gasteiger partial charge in [-0.3, -0.25) is 14.5 Å². The predicted molar refractivity (Wildman–Crippen MR) is 102 cm³/mol. The number of alkyl halides is 3. The second-order valence-electron chi connectivity index (χ2n) is 6.25. The van der Waals surface area contributed by atoms with E-state index in [0.717, 1.165) is 23.3 Å². The summed E-state index contributed by atoms with van der Waals surface area (Å²) in [5, 5.41) is 9.42. The van der Waals surface area contributed by atoms with Gasteiger partial charge in [-0.2, -0.15) is 18.3 Å². The summed E-state index contributed by atoms with van der Waals surface area (Å²) < 4.78 is 40.4. The maximum atomic E-state index is 12.8. The summed E-state index contributed by atoms with van der Waals surface area (Å²) in [5.74, 6) is 0.179. The van der Waals surface area contributed by atoms with E-state index >= 15 is 0 Å². The summed E-state index contributed by atoms with van der Waals surface area (Å²) in [6.07, 6.45) is -4.43. The molecular weight excluding hydrogens is 389 g/mol. The monoisotopic (exact) mass is 406 g/mol.